The van der Waals surface area contributed by atoms with Crippen LogP contribution in [0.4, 0.5) is 0 Å². The predicted molar refractivity (Wildman–Crippen MR) is 79.2 cm³/mol. The van der Waals surface area contributed by atoms with Gasteiger partial charge < -0.3 is 10.0 Å². The van der Waals surface area contributed by atoms with Gasteiger partial charge in [-0.15, -0.1) is 0 Å². The Hall–Kier alpha value is -1.40. The summed E-state index contributed by atoms with van der Waals surface area (Å²) >= 11 is 0. The van der Waals surface area contributed by atoms with E-state index in [1.807, 2.05) is 7.05 Å². The van der Waals surface area contributed by atoms with Crippen LogP contribution in [-0.2, 0) is 13.6 Å². The smallest absolute Gasteiger partial charge is 0.339 e. The monoisotopic (exact) mass is 292 g/mol. The summed E-state index contributed by atoms with van der Waals surface area (Å²) in [7, 11) is 4.05. The van der Waals surface area contributed by atoms with E-state index in [0.29, 0.717) is 18.2 Å². The van der Waals surface area contributed by atoms with Crippen LogP contribution in [0.3, 0.4) is 0 Å². The molecule has 0 aliphatic carbocycles. The largest absolute Gasteiger partial charge is 0.478 e. The third kappa shape index (κ3) is 2.82. The topological polar surface area (TPSA) is 61.6 Å². The molecule has 0 spiro atoms. The number of hydrogen-bond donors (Lipinski definition) is 1. The van der Waals surface area contributed by atoms with Gasteiger partial charge in [0.05, 0.1) is 11.9 Å². The van der Waals surface area contributed by atoms with Gasteiger partial charge in [-0.2, -0.15) is 5.10 Å². The van der Waals surface area contributed by atoms with E-state index in [-0.39, 0.29) is 0 Å². The first-order valence-corrected chi connectivity index (χ1v) is 7.73. The fourth-order valence-corrected chi connectivity index (χ4v) is 3.91. The van der Waals surface area contributed by atoms with Crippen LogP contribution < -0.4 is 0 Å². The van der Waals surface area contributed by atoms with E-state index in [4.69, 9.17) is 0 Å². The van der Waals surface area contributed by atoms with E-state index in [0.717, 1.165) is 24.7 Å². The Morgan fingerprint density at radius 1 is 1.38 bits per heavy atom. The summed E-state index contributed by atoms with van der Waals surface area (Å²) in [6, 6.07) is 0.709. The van der Waals surface area contributed by atoms with Gasteiger partial charge in [0.15, 0.2) is 0 Å². The number of carbonyl (C=O) groups is 1. The lowest BCUT2D eigenvalue weighted by atomic mass is 9.84. The second kappa shape index (κ2) is 5.77. The molecule has 21 heavy (non-hydrogen) atoms. The Kier molecular flexibility index (Phi) is 3.99. The number of carboxylic acids is 1. The number of piperidine rings is 2. The molecule has 1 aromatic heterocycles. The van der Waals surface area contributed by atoms with Gasteiger partial charge >= 0.3 is 5.97 Å². The minimum Gasteiger partial charge on any atom is -0.478 e. The van der Waals surface area contributed by atoms with Crippen molar-refractivity contribution in [2.75, 3.05) is 26.7 Å². The Morgan fingerprint density at radius 3 is 2.95 bits per heavy atom. The summed E-state index contributed by atoms with van der Waals surface area (Å²) in [4.78, 5) is 16.2. The van der Waals surface area contributed by atoms with Crippen LogP contribution in [0, 0.1) is 5.92 Å². The predicted octanol–water partition coefficient (Wildman–Crippen LogP) is 1.03. The van der Waals surface area contributed by atoms with Crippen LogP contribution in [0.25, 0.3) is 0 Å². The summed E-state index contributed by atoms with van der Waals surface area (Å²) in [5, 5.41) is 13.3. The van der Waals surface area contributed by atoms with Crippen LogP contribution >= 0.6 is 0 Å². The molecule has 0 amide bonds. The third-order valence-electron chi connectivity index (χ3n) is 5.10. The van der Waals surface area contributed by atoms with Crippen molar-refractivity contribution in [2.45, 2.75) is 31.8 Å². The van der Waals surface area contributed by atoms with Crippen LogP contribution in [0.2, 0.25) is 0 Å². The lowest BCUT2D eigenvalue weighted by Gasteiger charge is -2.46. The van der Waals surface area contributed by atoms with Gasteiger partial charge in [-0.05, 0) is 38.8 Å². The second-order valence-electron chi connectivity index (χ2n) is 6.41. The molecule has 0 aromatic carbocycles. The highest BCUT2D eigenvalue weighted by atomic mass is 16.4. The number of hydrogen-bond acceptors (Lipinski definition) is 4. The first kappa shape index (κ1) is 14.5. The number of fused-ring (bicyclic) bond motifs is 1. The maximum absolute atomic E-state index is 11.3. The molecule has 6 heteroatoms. The third-order valence-corrected chi connectivity index (χ3v) is 5.10. The van der Waals surface area contributed by atoms with E-state index >= 15 is 0 Å². The maximum atomic E-state index is 11.3. The first-order valence-electron chi connectivity index (χ1n) is 7.73. The highest BCUT2D eigenvalue weighted by Gasteiger charge is 2.34. The molecule has 2 fully saturated rings. The van der Waals surface area contributed by atoms with Gasteiger partial charge in [0.1, 0.15) is 5.56 Å². The molecule has 2 atom stereocenters. The number of aryl methyl sites for hydroxylation is 1. The van der Waals surface area contributed by atoms with Crippen molar-refractivity contribution in [1.82, 2.24) is 19.6 Å². The molecule has 0 radical (unpaired) electrons. The molecule has 0 bridgehead atoms. The Balaban J connectivity index is 1.69. The molecule has 116 valence electrons. The van der Waals surface area contributed by atoms with Crippen molar-refractivity contribution in [3.63, 3.8) is 0 Å². The highest BCUT2D eigenvalue weighted by molar-refractivity contribution is 5.88. The fraction of sp³-hybridized carbons (Fsp3) is 0.733. The lowest BCUT2D eigenvalue weighted by molar-refractivity contribution is 0.0343. The van der Waals surface area contributed by atoms with E-state index in [9.17, 15) is 9.90 Å². The SMILES string of the molecule is CN1CCCC2CN(Cc3c(C(=O)O)cnn3C)CCC21. The zero-order valence-electron chi connectivity index (χ0n) is 12.8. The van der Waals surface area contributed by atoms with Crippen LogP contribution in [0.1, 0.15) is 35.3 Å². The molecule has 3 heterocycles. The van der Waals surface area contributed by atoms with Crippen molar-refractivity contribution in [2.24, 2.45) is 13.0 Å². The van der Waals surface area contributed by atoms with Crippen molar-refractivity contribution < 1.29 is 9.90 Å². The summed E-state index contributed by atoms with van der Waals surface area (Å²) in [5.74, 6) is -0.163. The summed E-state index contributed by atoms with van der Waals surface area (Å²) in [6.45, 7) is 4.01. The molecule has 1 N–H and O–H groups in total. The van der Waals surface area contributed by atoms with Gasteiger partial charge in [0, 0.05) is 32.7 Å². The zero-order valence-corrected chi connectivity index (χ0v) is 12.8. The number of carboxylic acid groups (broad SMARTS) is 1. The standard InChI is InChI=1S/C15H24N4O2/c1-17-6-3-4-11-9-19(7-5-13(11)17)10-14-12(15(20)21)8-16-18(14)2/h8,11,13H,3-7,9-10H2,1-2H3,(H,20,21). The number of likely N-dealkylation sites (tertiary alicyclic amines) is 2. The molecule has 2 unspecified atom stereocenters. The summed E-state index contributed by atoms with van der Waals surface area (Å²) in [6.07, 6.45) is 5.21. The Morgan fingerprint density at radius 2 is 2.19 bits per heavy atom. The van der Waals surface area contributed by atoms with Gasteiger partial charge in [-0.1, -0.05) is 0 Å². The number of rotatable bonds is 3. The number of nitrogens with zero attached hydrogens (tertiary/aromatic N) is 4. The summed E-state index contributed by atoms with van der Waals surface area (Å²) < 4.78 is 1.70. The molecule has 1 aromatic rings. The Bertz CT molecular complexity index is 528. The number of aromatic carboxylic acids is 1. The quantitative estimate of drug-likeness (QED) is 0.902. The molecule has 6 nitrogen and oxygen atoms in total. The molecular weight excluding hydrogens is 268 g/mol. The van der Waals surface area contributed by atoms with Crippen molar-refractivity contribution in [1.29, 1.82) is 0 Å². The molecule has 2 saturated heterocycles. The van der Waals surface area contributed by atoms with Crippen LogP contribution in [-0.4, -0.2) is 63.4 Å². The average molecular weight is 292 g/mol. The van der Waals surface area contributed by atoms with Crippen LogP contribution in [0.15, 0.2) is 6.20 Å². The van der Waals surface area contributed by atoms with E-state index in [2.05, 4.69) is 21.9 Å². The van der Waals surface area contributed by atoms with Gasteiger partial charge in [-0.3, -0.25) is 9.58 Å². The van der Waals surface area contributed by atoms with E-state index in [1.165, 1.54) is 32.0 Å². The number of aromatic nitrogens is 2. The van der Waals surface area contributed by atoms with Gasteiger partial charge in [0.25, 0.3) is 0 Å². The first-order chi connectivity index (χ1) is 10.1. The van der Waals surface area contributed by atoms with E-state index < -0.39 is 5.97 Å². The zero-order chi connectivity index (χ0) is 15.0. The minimum atomic E-state index is -0.884. The minimum absolute atomic E-state index is 0.334. The second-order valence-corrected chi connectivity index (χ2v) is 6.41. The summed E-state index contributed by atoms with van der Waals surface area (Å²) in [5.41, 5.74) is 1.14. The van der Waals surface area contributed by atoms with Gasteiger partial charge in [-0.25, -0.2) is 4.79 Å². The van der Waals surface area contributed by atoms with Crippen molar-refractivity contribution in [3.8, 4) is 0 Å². The average Bonchev–Trinajstić information content (AvgIpc) is 2.81. The normalized spacial score (nSPS) is 27.5. The fourth-order valence-electron chi connectivity index (χ4n) is 3.91. The van der Waals surface area contributed by atoms with Crippen LogP contribution in [0.5, 0.6) is 0 Å². The van der Waals surface area contributed by atoms with Crippen molar-refractivity contribution in [3.05, 3.63) is 17.5 Å². The van der Waals surface area contributed by atoms with Gasteiger partial charge in [0.2, 0.25) is 0 Å². The molecule has 0 saturated carbocycles. The van der Waals surface area contributed by atoms with E-state index in [1.54, 1.807) is 4.68 Å². The highest BCUT2D eigenvalue weighted by Crippen LogP contribution is 2.30. The molecule has 2 aliphatic rings. The molecular formula is C15H24N4O2. The lowest BCUT2D eigenvalue weighted by Crippen LogP contribution is -2.52. The maximum Gasteiger partial charge on any atom is 0.339 e. The molecule has 2 aliphatic heterocycles. The molecule has 3 rings (SSSR count). The Labute approximate surface area is 125 Å². The van der Waals surface area contributed by atoms with Crippen molar-refractivity contribution >= 4 is 5.97 Å².